The van der Waals surface area contributed by atoms with Crippen LogP contribution in [0.4, 0.5) is 0 Å². The van der Waals surface area contributed by atoms with E-state index < -0.39 is 0 Å². The van der Waals surface area contributed by atoms with Crippen LogP contribution in [-0.2, 0) is 0 Å². The quantitative estimate of drug-likeness (QED) is 0.504. The number of aryl methyl sites for hydroxylation is 1. The molecule has 25 heavy (non-hydrogen) atoms. The van der Waals surface area contributed by atoms with E-state index in [2.05, 4.69) is 41.2 Å². The first-order valence-corrected chi connectivity index (χ1v) is 9.43. The van der Waals surface area contributed by atoms with Gasteiger partial charge in [0.05, 0.1) is 5.39 Å². The number of fused-ring (bicyclic) bond motifs is 1. The molecule has 5 heteroatoms. The lowest BCUT2D eigenvalue weighted by Crippen LogP contribution is -2.05. The average Bonchev–Trinajstić information content (AvgIpc) is 2.64. The minimum Gasteiger partial charge on any atom is -0.267 e. The maximum atomic E-state index is 12.2. The highest BCUT2D eigenvalue weighted by Crippen LogP contribution is 2.29. The fourth-order valence-electron chi connectivity index (χ4n) is 2.43. The summed E-state index contributed by atoms with van der Waals surface area (Å²) in [4.78, 5) is 22.1. The summed E-state index contributed by atoms with van der Waals surface area (Å²) < 4.78 is 0.940. The third-order valence-electron chi connectivity index (χ3n) is 3.75. The van der Waals surface area contributed by atoms with Gasteiger partial charge in [-0.3, -0.25) is 4.79 Å². The Morgan fingerprint density at radius 1 is 0.960 bits per heavy atom. The Morgan fingerprint density at radius 2 is 1.76 bits per heavy atom. The molecule has 3 nitrogen and oxygen atoms in total. The van der Waals surface area contributed by atoms with Gasteiger partial charge in [0.25, 0.3) is 5.56 Å². The summed E-state index contributed by atoms with van der Waals surface area (Å²) in [6.45, 7) is 2.07. The van der Waals surface area contributed by atoms with Crippen LogP contribution < -0.4 is 5.56 Å². The molecule has 0 aliphatic heterocycles. The minimum absolute atomic E-state index is 0.192. The van der Waals surface area contributed by atoms with E-state index in [1.807, 2.05) is 36.4 Å². The number of benzene rings is 2. The molecule has 0 fully saturated rings. The van der Waals surface area contributed by atoms with Crippen LogP contribution in [0.5, 0.6) is 0 Å². The van der Waals surface area contributed by atoms with Crippen molar-refractivity contribution < 1.29 is 0 Å². The molecular formula is C20H14N2OS2. The fraction of sp³-hybridized carbons (Fsp3) is 0.0500. The van der Waals surface area contributed by atoms with Gasteiger partial charge in [0, 0.05) is 21.4 Å². The summed E-state index contributed by atoms with van der Waals surface area (Å²) in [6.07, 6.45) is 1.78. The van der Waals surface area contributed by atoms with Crippen molar-refractivity contribution in [1.29, 1.82) is 0 Å². The van der Waals surface area contributed by atoms with Crippen molar-refractivity contribution in [2.45, 2.75) is 16.8 Å². The van der Waals surface area contributed by atoms with Gasteiger partial charge in [0.2, 0.25) is 0 Å². The van der Waals surface area contributed by atoms with E-state index >= 15 is 0 Å². The largest absolute Gasteiger partial charge is 0.279 e. The molecule has 0 spiro atoms. The smallest absolute Gasteiger partial charge is 0.267 e. The van der Waals surface area contributed by atoms with Crippen LogP contribution in [-0.4, -0.2) is 9.97 Å². The molecule has 0 saturated heterocycles. The predicted octanol–water partition coefficient (Wildman–Crippen LogP) is 5.18. The zero-order chi connectivity index (χ0) is 17.2. The van der Waals surface area contributed by atoms with Gasteiger partial charge < -0.3 is 0 Å². The first-order valence-electron chi connectivity index (χ1n) is 7.80. The second kappa shape index (κ2) is 6.78. The van der Waals surface area contributed by atoms with Gasteiger partial charge in [-0.15, -0.1) is 11.3 Å². The summed E-state index contributed by atoms with van der Waals surface area (Å²) in [5.41, 5.74) is 1.91. The van der Waals surface area contributed by atoms with E-state index in [0.29, 0.717) is 10.4 Å². The Kier molecular flexibility index (Phi) is 4.34. The van der Waals surface area contributed by atoms with Gasteiger partial charge in [-0.2, -0.15) is 4.98 Å². The van der Waals surface area contributed by atoms with Gasteiger partial charge >= 0.3 is 0 Å². The first kappa shape index (κ1) is 16.0. The first-order chi connectivity index (χ1) is 12.2. The standard InChI is InChI=1S/C20H14N2OS2/c1-13-6-9-15(10-7-13)24-18-11-8-14(12-21-18)20-22-19(23)16-4-2-3-5-17(16)25-20/h2-12H,1H3. The Morgan fingerprint density at radius 3 is 2.52 bits per heavy atom. The van der Waals surface area contributed by atoms with Crippen LogP contribution in [0.15, 0.2) is 81.6 Å². The van der Waals surface area contributed by atoms with Crippen LogP contribution in [0.3, 0.4) is 0 Å². The van der Waals surface area contributed by atoms with Crippen molar-refractivity contribution >= 4 is 33.2 Å². The molecule has 0 saturated carbocycles. The van der Waals surface area contributed by atoms with Gasteiger partial charge in [-0.25, -0.2) is 4.98 Å². The molecule has 0 N–H and O–H groups in total. The molecule has 122 valence electrons. The van der Waals surface area contributed by atoms with E-state index in [1.54, 1.807) is 18.0 Å². The predicted molar refractivity (Wildman–Crippen MR) is 104 cm³/mol. The molecule has 4 rings (SSSR count). The van der Waals surface area contributed by atoms with E-state index in [4.69, 9.17) is 0 Å². The molecule has 2 aromatic heterocycles. The Balaban J connectivity index is 1.64. The van der Waals surface area contributed by atoms with E-state index in [1.165, 1.54) is 16.9 Å². The molecule has 0 unspecified atom stereocenters. The zero-order valence-electron chi connectivity index (χ0n) is 13.5. The molecule has 0 aliphatic rings. The van der Waals surface area contributed by atoms with Crippen LogP contribution in [0.1, 0.15) is 5.56 Å². The molecule has 0 aliphatic carbocycles. The summed E-state index contributed by atoms with van der Waals surface area (Å²) in [7, 11) is 0. The van der Waals surface area contributed by atoms with Crippen molar-refractivity contribution in [2.75, 3.05) is 0 Å². The SMILES string of the molecule is Cc1ccc(Sc2ccc(-c3nc(=O)c4ccccc4s3)cn2)cc1. The molecule has 2 aromatic carbocycles. The number of rotatable bonds is 3. The summed E-state index contributed by atoms with van der Waals surface area (Å²) >= 11 is 3.12. The third-order valence-corrected chi connectivity index (χ3v) is 5.81. The van der Waals surface area contributed by atoms with Crippen molar-refractivity contribution in [3.8, 4) is 10.6 Å². The monoisotopic (exact) mass is 362 g/mol. The lowest BCUT2D eigenvalue weighted by molar-refractivity contribution is 1.13. The molecule has 0 radical (unpaired) electrons. The third kappa shape index (κ3) is 3.48. The maximum absolute atomic E-state index is 12.2. The van der Waals surface area contributed by atoms with Crippen molar-refractivity contribution in [1.82, 2.24) is 9.97 Å². The van der Waals surface area contributed by atoms with Crippen molar-refractivity contribution in [2.24, 2.45) is 0 Å². The number of hydrogen-bond acceptors (Lipinski definition) is 5. The second-order valence-corrected chi connectivity index (χ2v) is 7.75. The second-order valence-electron chi connectivity index (χ2n) is 5.62. The number of aromatic nitrogens is 2. The van der Waals surface area contributed by atoms with E-state index in [0.717, 1.165) is 20.2 Å². The number of nitrogens with zero attached hydrogens (tertiary/aromatic N) is 2. The fourth-order valence-corrected chi connectivity index (χ4v) is 4.17. The van der Waals surface area contributed by atoms with Gasteiger partial charge in [0.1, 0.15) is 10.0 Å². The number of hydrogen-bond donors (Lipinski definition) is 0. The lowest BCUT2D eigenvalue weighted by atomic mass is 10.2. The Hall–Kier alpha value is -2.50. The van der Waals surface area contributed by atoms with Crippen molar-refractivity contribution in [3.63, 3.8) is 0 Å². The van der Waals surface area contributed by atoms with Gasteiger partial charge in [-0.1, -0.05) is 41.6 Å². The molecule has 0 atom stereocenters. The molecule has 4 aromatic rings. The topological polar surface area (TPSA) is 42.9 Å². The Labute approximate surface area is 153 Å². The van der Waals surface area contributed by atoms with Gasteiger partial charge in [0.15, 0.2) is 0 Å². The minimum atomic E-state index is -0.192. The van der Waals surface area contributed by atoms with E-state index in [-0.39, 0.29) is 5.56 Å². The zero-order valence-corrected chi connectivity index (χ0v) is 15.1. The summed E-state index contributed by atoms with van der Waals surface area (Å²) in [5.74, 6) is 0. The Bertz CT molecular complexity index is 1090. The molecule has 2 heterocycles. The number of pyridine rings is 1. The highest BCUT2D eigenvalue weighted by Gasteiger charge is 2.07. The summed E-state index contributed by atoms with van der Waals surface area (Å²) in [6, 6.07) is 19.8. The van der Waals surface area contributed by atoms with E-state index in [9.17, 15) is 4.79 Å². The normalized spacial score (nSPS) is 10.9. The molecule has 0 amide bonds. The molecular weight excluding hydrogens is 348 g/mol. The van der Waals surface area contributed by atoms with Crippen molar-refractivity contribution in [3.05, 3.63) is 82.8 Å². The van der Waals surface area contributed by atoms with Crippen LogP contribution in [0.25, 0.3) is 20.7 Å². The van der Waals surface area contributed by atoms with Crippen LogP contribution >= 0.6 is 23.1 Å². The molecule has 0 bridgehead atoms. The van der Waals surface area contributed by atoms with Crippen LogP contribution in [0.2, 0.25) is 0 Å². The maximum Gasteiger partial charge on any atom is 0.279 e. The van der Waals surface area contributed by atoms with Gasteiger partial charge in [-0.05, 0) is 43.3 Å². The lowest BCUT2D eigenvalue weighted by Gasteiger charge is -2.04. The highest BCUT2D eigenvalue weighted by atomic mass is 32.2. The average molecular weight is 362 g/mol. The highest BCUT2D eigenvalue weighted by molar-refractivity contribution is 7.99. The van der Waals surface area contributed by atoms with Crippen LogP contribution in [0, 0.1) is 6.92 Å². The summed E-state index contributed by atoms with van der Waals surface area (Å²) in [5, 5.41) is 2.28.